The van der Waals surface area contributed by atoms with Crippen LogP contribution in [-0.2, 0) is 4.74 Å². The van der Waals surface area contributed by atoms with Gasteiger partial charge in [-0.25, -0.2) is 4.79 Å². The third-order valence-electron chi connectivity index (χ3n) is 5.00. The van der Waals surface area contributed by atoms with Crippen molar-refractivity contribution in [2.24, 2.45) is 0 Å². The van der Waals surface area contributed by atoms with E-state index in [0.717, 1.165) is 6.42 Å². The predicted molar refractivity (Wildman–Crippen MR) is 113 cm³/mol. The first kappa shape index (κ1) is 19.7. The summed E-state index contributed by atoms with van der Waals surface area (Å²) in [5, 5.41) is 0.333. The maximum atomic E-state index is 13.2. The third-order valence-corrected chi connectivity index (χ3v) is 6.13. The topological polar surface area (TPSA) is 65.7 Å². The zero-order valence-electron chi connectivity index (χ0n) is 17.0. The van der Waals surface area contributed by atoms with Gasteiger partial charge in [-0.1, -0.05) is 0 Å². The van der Waals surface area contributed by atoms with E-state index in [1.807, 2.05) is 6.92 Å². The number of aryl methyl sites for hydroxylation is 1. The average Bonchev–Trinajstić information content (AvgIpc) is 3.36. The molecule has 4 rings (SSSR count). The van der Waals surface area contributed by atoms with E-state index in [1.165, 1.54) is 15.8 Å². The molecule has 1 aromatic carbocycles. The normalized spacial score (nSPS) is 18.2. The van der Waals surface area contributed by atoms with Gasteiger partial charge in [0.15, 0.2) is 5.76 Å². The molecule has 2 heterocycles. The lowest BCUT2D eigenvalue weighted by atomic mass is 10.1. The van der Waals surface area contributed by atoms with Gasteiger partial charge in [-0.15, -0.1) is 11.3 Å². The van der Waals surface area contributed by atoms with E-state index < -0.39 is 5.97 Å². The number of fused-ring (bicyclic) bond motifs is 1. The first-order valence-electron chi connectivity index (χ1n) is 9.90. The molecule has 1 aliphatic carbocycles. The quantitative estimate of drug-likeness (QED) is 0.507. The second kappa shape index (κ2) is 7.67. The molecule has 1 aliphatic rings. The van der Waals surface area contributed by atoms with Crippen LogP contribution >= 0.6 is 11.3 Å². The van der Waals surface area contributed by atoms with Gasteiger partial charge < -0.3 is 13.9 Å². The molecule has 29 heavy (non-hydrogen) atoms. The molecule has 0 spiro atoms. The summed E-state index contributed by atoms with van der Waals surface area (Å²) in [4.78, 5) is 28.0. The SMILES string of the molecule is CCOc1c(C2CC2c2ccc(C)s2)oc2ccc(C(=O)OC(C)C)cc2c1=O. The summed E-state index contributed by atoms with van der Waals surface area (Å²) in [5.41, 5.74) is 0.546. The Kier molecular flexibility index (Phi) is 5.21. The first-order chi connectivity index (χ1) is 13.9. The molecule has 1 saturated carbocycles. The largest absolute Gasteiger partial charge is 0.487 e. The first-order valence-corrected chi connectivity index (χ1v) is 10.7. The summed E-state index contributed by atoms with van der Waals surface area (Å²) in [6.45, 7) is 7.88. The molecule has 1 fully saturated rings. The summed E-state index contributed by atoms with van der Waals surface area (Å²) in [5.74, 6) is 0.901. The van der Waals surface area contributed by atoms with Crippen molar-refractivity contribution in [1.82, 2.24) is 0 Å². The molecular formula is C23H24O5S. The monoisotopic (exact) mass is 412 g/mol. The predicted octanol–water partition coefficient (Wildman–Crippen LogP) is 5.40. The number of ether oxygens (including phenoxy) is 2. The molecule has 3 aromatic rings. The highest BCUT2D eigenvalue weighted by molar-refractivity contribution is 7.12. The van der Waals surface area contributed by atoms with Gasteiger partial charge >= 0.3 is 5.97 Å². The highest BCUT2D eigenvalue weighted by Gasteiger charge is 2.45. The van der Waals surface area contributed by atoms with Gasteiger partial charge in [0.2, 0.25) is 11.2 Å². The average molecular weight is 413 g/mol. The summed E-state index contributed by atoms with van der Waals surface area (Å²) in [6.07, 6.45) is 0.705. The zero-order valence-corrected chi connectivity index (χ0v) is 17.8. The highest BCUT2D eigenvalue weighted by Crippen LogP contribution is 2.57. The molecule has 0 aliphatic heterocycles. The highest BCUT2D eigenvalue weighted by atomic mass is 32.1. The lowest BCUT2D eigenvalue weighted by Crippen LogP contribution is -2.14. The van der Waals surface area contributed by atoms with Crippen LogP contribution in [0.3, 0.4) is 0 Å². The molecule has 0 radical (unpaired) electrons. The van der Waals surface area contributed by atoms with Crippen molar-refractivity contribution in [3.05, 3.63) is 61.6 Å². The van der Waals surface area contributed by atoms with Gasteiger partial charge in [0.25, 0.3) is 0 Å². The van der Waals surface area contributed by atoms with Gasteiger partial charge in [-0.3, -0.25) is 4.79 Å². The Morgan fingerprint density at radius 3 is 2.69 bits per heavy atom. The fraction of sp³-hybridized carbons (Fsp3) is 0.391. The molecule has 0 N–H and O–H groups in total. The number of carbonyl (C=O) groups excluding carboxylic acids is 1. The van der Waals surface area contributed by atoms with Crippen LogP contribution in [0.4, 0.5) is 0 Å². The van der Waals surface area contributed by atoms with Crippen LogP contribution < -0.4 is 10.2 Å². The fourth-order valence-corrected chi connectivity index (χ4v) is 4.64. The van der Waals surface area contributed by atoms with Crippen LogP contribution in [0.15, 0.2) is 39.5 Å². The summed E-state index contributed by atoms with van der Waals surface area (Å²) >= 11 is 1.78. The zero-order chi connectivity index (χ0) is 20.7. The van der Waals surface area contributed by atoms with Crippen molar-refractivity contribution in [3.8, 4) is 5.75 Å². The maximum Gasteiger partial charge on any atom is 0.338 e. The number of carbonyl (C=O) groups is 1. The van der Waals surface area contributed by atoms with Crippen LogP contribution in [0.5, 0.6) is 5.75 Å². The lowest BCUT2D eigenvalue weighted by Gasteiger charge is -2.11. The Morgan fingerprint density at radius 2 is 2.03 bits per heavy atom. The number of rotatable bonds is 6. The Bertz CT molecular complexity index is 1120. The van der Waals surface area contributed by atoms with E-state index >= 15 is 0 Å². The van der Waals surface area contributed by atoms with Gasteiger partial charge in [0.1, 0.15) is 5.58 Å². The van der Waals surface area contributed by atoms with Gasteiger partial charge in [-0.05, 0) is 64.4 Å². The minimum Gasteiger partial charge on any atom is -0.487 e. The molecule has 0 amide bonds. The van der Waals surface area contributed by atoms with E-state index in [9.17, 15) is 9.59 Å². The van der Waals surface area contributed by atoms with Crippen molar-refractivity contribution in [3.63, 3.8) is 0 Å². The van der Waals surface area contributed by atoms with Crippen LogP contribution in [-0.4, -0.2) is 18.7 Å². The van der Waals surface area contributed by atoms with E-state index in [1.54, 1.807) is 37.3 Å². The number of thiophene rings is 1. The molecule has 0 bridgehead atoms. The minimum atomic E-state index is -0.460. The van der Waals surface area contributed by atoms with Gasteiger partial charge in [-0.2, -0.15) is 0 Å². The lowest BCUT2D eigenvalue weighted by molar-refractivity contribution is 0.0378. The number of hydrogen-bond acceptors (Lipinski definition) is 6. The minimum absolute atomic E-state index is 0.136. The Hall–Kier alpha value is -2.60. The molecule has 5 nitrogen and oxygen atoms in total. The van der Waals surface area contributed by atoms with E-state index in [2.05, 4.69) is 19.1 Å². The van der Waals surface area contributed by atoms with E-state index in [0.29, 0.717) is 34.8 Å². The summed E-state index contributed by atoms with van der Waals surface area (Å²) in [7, 11) is 0. The molecule has 152 valence electrons. The molecular weight excluding hydrogens is 388 g/mol. The van der Waals surface area contributed by atoms with Crippen molar-refractivity contribution in [1.29, 1.82) is 0 Å². The number of esters is 1. The molecule has 0 saturated heterocycles. The fourth-order valence-electron chi connectivity index (χ4n) is 3.58. The number of hydrogen-bond donors (Lipinski definition) is 0. The van der Waals surface area contributed by atoms with Crippen molar-refractivity contribution in [2.75, 3.05) is 6.61 Å². The Balaban J connectivity index is 1.75. The number of benzene rings is 1. The molecule has 6 heteroatoms. The Labute approximate surface area is 173 Å². The van der Waals surface area contributed by atoms with E-state index in [4.69, 9.17) is 13.9 Å². The maximum absolute atomic E-state index is 13.2. The standard InChI is InChI=1S/C23H24O5S/c1-5-26-22-20(24)17-10-14(23(25)27-12(2)3)7-8-18(17)28-21(22)16-11-15(16)19-9-6-13(4)29-19/h6-10,12,15-16H,5,11H2,1-4H3. The van der Waals surface area contributed by atoms with Crippen molar-refractivity contribution >= 4 is 28.3 Å². The van der Waals surface area contributed by atoms with Crippen LogP contribution in [0.1, 0.15) is 64.9 Å². The van der Waals surface area contributed by atoms with Crippen LogP contribution in [0.2, 0.25) is 0 Å². The summed E-state index contributed by atoms with van der Waals surface area (Å²) in [6, 6.07) is 9.10. The Morgan fingerprint density at radius 1 is 1.24 bits per heavy atom. The van der Waals surface area contributed by atoms with Gasteiger partial charge in [0, 0.05) is 21.6 Å². The second-order valence-electron chi connectivity index (χ2n) is 7.62. The van der Waals surface area contributed by atoms with E-state index in [-0.39, 0.29) is 23.2 Å². The van der Waals surface area contributed by atoms with Crippen molar-refractivity contribution in [2.45, 2.75) is 52.1 Å². The summed E-state index contributed by atoms with van der Waals surface area (Å²) < 4.78 is 17.1. The van der Waals surface area contributed by atoms with Gasteiger partial charge in [0.05, 0.1) is 23.7 Å². The second-order valence-corrected chi connectivity index (χ2v) is 8.94. The van der Waals surface area contributed by atoms with Crippen molar-refractivity contribution < 1.29 is 18.7 Å². The third kappa shape index (κ3) is 3.81. The molecule has 2 atom stereocenters. The molecule has 2 aromatic heterocycles. The van der Waals surface area contributed by atoms with Crippen LogP contribution in [0.25, 0.3) is 11.0 Å². The smallest absolute Gasteiger partial charge is 0.338 e. The van der Waals surface area contributed by atoms with Crippen LogP contribution in [0, 0.1) is 6.92 Å². The molecule has 2 unspecified atom stereocenters.